The number of piperazine rings is 1. The Morgan fingerprint density at radius 1 is 0.947 bits per heavy atom. The number of benzene rings is 2. The van der Waals surface area contributed by atoms with Crippen LogP contribution < -0.4 is 20.4 Å². The van der Waals surface area contributed by atoms with Crippen molar-refractivity contribution in [1.82, 2.24) is 19.8 Å². The zero-order valence-corrected chi connectivity index (χ0v) is 21.3. The van der Waals surface area contributed by atoms with Crippen molar-refractivity contribution in [3.8, 4) is 0 Å². The molecule has 1 saturated heterocycles. The van der Waals surface area contributed by atoms with Crippen LogP contribution in [0.4, 0.5) is 27.7 Å². The summed E-state index contributed by atoms with van der Waals surface area (Å²) in [6.07, 6.45) is 4.29. The minimum absolute atomic E-state index is 0.192. The molecule has 3 heterocycles. The van der Waals surface area contributed by atoms with Gasteiger partial charge in [0, 0.05) is 86.7 Å². The Morgan fingerprint density at radius 3 is 2.39 bits per heavy atom. The molecule has 1 fully saturated rings. The average molecular weight is 512 g/mol. The molecule has 4 aromatic rings. The van der Waals surface area contributed by atoms with Gasteiger partial charge in [-0.15, -0.1) is 0 Å². The first-order chi connectivity index (χ1) is 18.5. The van der Waals surface area contributed by atoms with Crippen molar-refractivity contribution < 1.29 is 14.4 Å². The van der Waals surface area contributed by atoms with Crippen molar-refractivity contribution in [3.63, 3.8) is 0 Å². The highest BCUT2D eigenvalue weighted by molar-refractivity contribution is 6.04. The monoisotopic (exact) mass is 511 g/mol. The van der Waals surface area contributed by atoms with E-state index in [0.717, 1.165) is 47.5 Å². The second-order valence-electron chi connectivity index (χ2n) is 9.07. The van der Waals surface area contributed by atoms with Crippen molar-refractivity contribution >= 4 is 52.1 Å². The topological polar surface area (TPSA) is 103 Å². The van der Waals surface area contributed by atoms with Gasteiger partial charge in [-0.05, 0) is 54.6 Å². The van der Waals surface area contributed by atoms with Gasteiger partial charge < -0.3 is 25.3 Å². The fourth-order valence-electron chi connectivity index (χ4n) is 4.58. The van der Waals surface area contributed by atoms with E-state index in [4.69, 9.17) is 0 Å². The molecule has 1 aliphatic heterocycles. The molecule has 0 atom stereocenters. The van der Waals surface area contributed by atoms with E-state index in [2.05, 4.69) is 20.5 Å². The number of carbonyl (C=O) groups excluding carboxylic acids is 3. The predicted octanol–water partition coefficient (Wildman–Crippen LogP) is 3.52. The highest BCUT2D eigenvalue weighted by Gasteiger charge is 2.17. The molecule has 38 heavy (non-hydrogen) atoms. The number of hydrogen-bond donors (Lipinski definition) is 2. The van der Waals surface area contributed by atoms with Gasteiger partial charge in [0.1, 0.15) is 5.82 Å². The zero-order valence-electron chi connectivity index (χ0n) is 21.3. The Bertz CT molecular complexity index is 1470. The molecule has 0 spiro atoms. The number of nitrogens with one attached hydrogen (secondary N) is 2. The first-order valence-corrected chi connectivity index (χ1v) is 12.4. The molecule has 0 aliphatic carbocycles. The molecule has 0 radical (unpaired) electrons. The van der Waals surface area contributed by atoms with Crippen LogP contribution in [0.5, 0.6) is 0 Å². The second kappa shape index (κ2) is 10.6. The van der Waals surface area contributed by atoms with E-state index >= 15 is 0 Å². The van der Waals surface area contributed by atoms with Crippen LogP contribution in [0.2, 0.25) is 0 Å². The Balaban J connectivity index is 1.26. The number of fused-ring (bicyclic) bond motifs is 1. The number of amides is 3. The molecule has 0 bridgehead atoms. The van der Waals surface area contributed by atoms with Crippen molar-refractivity contribution in [1.29, 1.82) is 0 Å². The number of aromatic nitrogens is 2. The lowest BCUT2D eigenvalue weighted by atomic mass is 10.1. The lowest BCUT2D eigenvalue weighted by Gasteiger charge is -2.34. The quantitative estimate of drug-likeness (QED) is 0.384. The molecule has 1 aliphatic rings. The fourth-order valence-corrected chi connectivity index (χ4v) is 4.58. The zero-order chi connectivity index (χ0) is 26.6. The van der Waals surface area contributed by atoms with Crippen LogP contribution >= 0.6 is 0 Å². The Labute approximate surface area is 220 Å². The largest absolute Gasteiger partial charge is 0.368 e. The summed E-state index contributed by atoms with van der Waals surface area (Å²) in [5.41, 5.74) is 4.16. The molecular weight excluding hydrogens is 482 g/mol. The van der Waals surface area contributed by atoms with E-state index in [1.807, 2.05) is 60.5 Å². The van der Waals surface area contributed by atoms with Crippen LogP contribution in [0.3, 0.4) is 0 Å². The third-order valence-corrected chi connectivity index (χ3v) is 6.82. The third-order valence-electron chi connectivity index (χ3n) is 6.82. The van der Waals surface area contributed by atoms with E-state index in [1.165, 1.54) is 0 Å². The SMILES string of the molecule is CNC(=O)n1ccc2cc(N(C)c3ccnc(NC(=O)c4ccc(N5CCN(C=O)CC5)cc4)c3)ccc21. The highest BCUT2D eigenvalue weighted by atomic mass is 16.2. The Morgan fingerprint density at radius 2 is 1.68 bits per heavy atom. The lowest BCUT2D eigenvalue weighted by Crippen LogP contribution is -2.45. The summed E-state index contributed by atoms with van der Waals surface area (Å²) in [4.78, 5) is 46.2. The number of anilines is 4. The molecule has 2 N–H and O–H groups in total. The maximum Gasteiger partial charge on any atom is 0.325 e. The van der Waals surface area contributed by atoms with Crippen molar-refractivity contribution in [2.24, 2.45) is 0 Å². The smallest absolute Gasteiger partial charge is 0.325 e. The Hall–Kier alpha value is -4.86. The number of rotatable bonds is 6. The van der Waals surface area contributed by atoms with Crippen molar-refractivity contribution in [2.75, 3.05) is 55.4 Å². The van der Waals surface area contributed by atoms with Gasteiger partial charge in [0.2, 0.25) is 6.41 Å². The van der Waals surface area contributed by atoms with Crippen molar-refractivity contribution in [3.05, 3.63) is 78.6 Å². The highest BCUT2D eigenvalue weighted by Crippen LogP contribution is 2.29. The van der Waals surface area contributed by atoms with Crippen LogP contribution in [0.25, 0.3) is 10.9 Å². The van der Waals surface area contributed by atoms with Gasteiger partial charge in [0.25, 0.3) is 5.91 Å². The first kappa shape index (κ1) is 24.8. The molecule has 10 nitrogen and oxygen atoms in total. The van der Waals surface area contributed by atoms with Crippen molar-refractivity contribution in [2.45, 2.75) is 0 Å². The van der Waals surface area contributed by atoms with Gasteiger partial charge in [0.05, 0.1) is 5.52 Å². The minimum atomic E-state index is -0.244. The van der Waals surface area contributed by atoms with Gasteiger partial charge in [-0.25, -0.2) is 9.78 Å². The molecule has 5 rings (SSSR count). The summed E-state index contributed by atoms with van der Waals surface area (Å²) in [7, 11) is 3.54. The fraction of sp³-hybridized carbons (Fsp3) is 0.214. The van der Waals surface area contributed by atoms with E-state index in [-0.39, 0.29) is 11.9 Å². The summed E-state index contributed by atoms with van der Waals surface area (Å²) in [5.74, 6) is 0.201. The van der Waals surface area contributed by atoms with E-state index in [1.54, 1.807) is 41.0 Å². The van der Waals surface area contributed by atoms with Gasteiger partial charge in [-0.2, -0.15) is 0 Å². The van der Waals surface area contributed by atoms with Gasteiger partial charge in [0.15, 0.2) is 0 Å². The van der Waals surface area contributed by atoms with E-state index in [0.29, 0.717) is 24.5 Å². The maximum absolute atomic E-state index is 12.9. The standard InChI is InChI=1S/C28H29N7O3/c1-29-28(38)35-12-10-21-17-23(7-8-25(21)35)32(2)24-9-11-30-26(18-24)31-27(37)20-3-5-22(6-4-20)34-15-13-33(19-36)14-16-34/h3-12,17-19H,13-16H2,1-2H3,(H,29,38)(H,30,31,37). The molecule has 2 aromatic heterocycles. The third kappa shape index (κ3) is 5.01. The second-order valence-corrected chi connectivity index (χ2v) is 9.07. The van der Waals surface area contributed by atoms with Gasteiger partial charge in [-0.3, -0.25) is 14.2 Å². The first-order valence-electron chi connectivity index (χ1n) is 12.4. The molecule has 0 unspecified atom stereocenters. The molecule has 10 heteroatoms. The molecular formula is C28H29N7O3. The van der Waals surface area contributed by atoms with E-state index in [9.17, 15) is 14.4 Å². The predicted molar refractivity (Wildman–Crippen MR) is 148 cm³/mol. The number of carbonyl (C=O) groups is 3. The van der Waals surface area contributed by atoms with Gasteiger partial charge >= 0.3 is 6.03 Å². The Kier molecular flexibility index (Phi) is 6.94. The van der Waals surface area contributed by atoms with Crippen LogP contribution in [0.15, 0.2) is 73.1 Å². The van der Waals surface area contributed by atoms with Gasteiger partial charge in [-0.1, -0.05) is 0 Å². The van der Waals surface area contributed by atoms with Crippen LogP contribution in [-0.4, -0.2) is 73.1 Å². The normalized spacial score (nSPS) is 13.3. The number of nitrogens with zero attached hydrogens (tertiary/aromatic N) is 5. The van der Waals surface area contributed by atoms with Crippen LogP contribution in [0.1, 0.15) is 10.4 Å². The average Bonchev–Trinajstić information content (AvgIpc) is 3.40. The maximum atomic E-state index is 12.9. The summed E-state index contributed by atoms with van der Waals surface area (Å²) in [5, 5.41) is 6.46. The number of pyridine rings is 1. The molecule has 3 amide bonds. The van der Waals surface area contributed by atoms with E-state index < -0.39 is 0 Å². The minimum Gasteiger partial charge on any atom is -0.368 e. The summed E-state index contributed by atoms with van der Waals surface area (Å²) in [6, 6.07) is 18.7. The number of hydrogen-bond acceptors (Lipinski definition) is 6. The molecule has 194 valence electrons. The lowest BCUT2D eigenvalue weighted by molar-refractivity contribution is -0.118. The molecule has 0 saturated carbocycles. The van der Waals surface area contributed by atoms with Crippen LogP contribution in [-0.2, 0) is 4.79 Å². The summed E-state index contributed by atoms with van der Waals surface area (Å²) >= 11 is 0. The molecule has 2 aromatic carbocycles. The summed E-state index contributed by atoms with van der Waals surface area (Å²) in [6.45, 7) is 2.92. The summed E-state index contributed by atoms with van der Waals surface area (Å²) < 4.78 is 1.57. The van der Waals surface area contributed by atoms with Crippen LogP contribution in [0, 0.1) is 0 Å².